The van der Waals surface area contributed by atoms with E-state index in [9.17, 15) is 0 Å². The lowest BCUT2D eigenvalue weighted by Crippen LogP contribution is -2.34. The summed E-state index contributed by atoms with van der Waals surface area (Å²) < 4.78 is 1.87. The summed E-state index contributed by atoms with van der Waals surface area (Å²) in [5.74, 6) is 1.47. The Labute approximate surface area is 129 Å². The molecular weight excluding hydrogens is 288 g/mol. The van der Waals surface area contributed by atoms with E-state index in [0.29, 0.717) is 11.1 Å². The van der Waals surface area contributed by atoms with Gasteiger partial charge in [-0.1, -0.05) is 11.6 Å². The first-order valence-corrected chi connectivity index (χ1v) is 7.48. The van der Waals surface area contributed by atoms with Gasteiger partial charge >= 0.3 is 0 Å². The molecule has 2 aromatic heterocycles. The Balaban J connectivity index is 1.73. The molecule has 1 aliphatic heterocycles. The van der Waals surface area contributed by atoms with Crippen molar-refractivity contribution in [3.63, 3.8) is 0 Å². The summed E-state index contributed by atoms with van der Waals surface area (Å²) in [5.41, 5.74) is 2.13. The predicted octanol–water partition coefficient (Wildman–Crippen LogP) is 2.29. The number of hydrogen-bond donors (Lipinski definition) is 1. The molecule has 0 amide bonds. The van der Waals surface area contributed by atoms with E-state index in [1.165, 1.54) is 11.9 Å². The molecule has 6 nitrogen and oxygen atoms in total. The maximum atomic E-state index is 6.12. The van der Waals surface area contributed by atoms with Crippen LogP contribution in [0.1, 0.15) is 24.3 Å². The van der Waals surface area contributed by atoms with Crippen LogP contribution in [0.15, 0.2) is 18.7 Å². The minimum Gasteiger partial charge on any atom is -0.383 e. The molecule has 1 N–H and O–H groups in total. The predicted molar refractivity (Wildman–Crippen MR) is 84.0 cm³/mol. The molecule has 1 fully saturated rings. The third-order valence-electron chi connectivity index (χ3n) is 4.02. The van der Waals surface area contributed by atoms with E-state index >= 15 is 0 Å². The van der Waals surface area contributed by atoms with Gasteiger partial charge < -0.3 is 10.2 Å². The van der Waals surface area contributed by atoms with Crippen LogP contribution in [-0.4, -0.2) is 39.9 Å². The number of anilines is 2. The smallest absolute Gasteiger partial charge is 0.157 e. The Kier molecular flexibility index (Phi) is 3.96. The average molecular weight is 307 g/mol. The lowest BCUT2D eigenvalue weighted by atomic mass is 9.91. The number of halogens is 1. The van der Waals surface area contributed by atoms with E-state index in [1.807, 2.05) is 25.0 Å². The topological polar surface area (TPSA) is 58.9 Å². The van der Waals surface area contributed by atoms with Crippen LogP contribution in [0.25, 0.3) is 0 Å². The summed E-state index contributed by atoms with van der Waals surface area (Å²) in [6.07, 6.45) is 7.79. The molecule has 3 heterocycles. The molecule has 0 radical (unpaired) electrons. The van der Waals surface area contributed by atoms with Crippen LogP contribution in [0.3, 0.4) is 0 Å². The van der Waals surface area contributed by atoms with Gasteiger partial charge in [-0.3, -0.25) is 4.68 Å². The minimum absolute atomic E-state index is 0.469. The van der Waals surface area contributed by atoms with E-state index < -0.39 is 0 Å². The van der Waals surface area contributed by atoms with Gasteiger partial charge in [0, 0.05) is 33.4 Å². The Morgan fingerprint density at radius 2 is 2.05 bits per heavy atom. The molecule has 0 spiro atoms. The standard InChI is InChI=1S/C14H19ClN6/c1-16-12-13(15)17-9-18-14(12)21-5-3-10(4-6-21)11-7-19-20(2)8-11/h7-10,16H,3-6H2,1-2H3. The van der Waals surface area contributed by atoms with Crippen molar-refractivity contribution in [2.45, 2.75) is 18.8 Å². The number of rotatable bonds is 3. The Morgan fingerprint density at radius 1 is 1.29 bits per heavy atom. The number of nitrogens with zero attached hydrogens (tertiary/aromatic N) is 5. The van der Waals surface area contributed by atoms with Crippen LogP contribution in [0.2, 0.25) is 5.15 Å². The van der Waals surface area contributed by atoms with Crippen molar-refractivity contribution in [2.24, 2.45) is 7.05 Å². The monoisotopic (exact) mass is 306 g/mol. The van der Waals surface area contributed by atoms with Crippen LogP contribution < -0.4 is 10.2 Å². The third-order valence-corrected chi connectivity index (χ3v) is 4.31. The van der Waals surface area contributed by atoms with Crippen LogP contribution in [-0.2, 0) is 7.05 Å². The van der Waals surface area contributed by atoms with Gasteiger partial charge in [-0.2, -0.15) is 5.10 Å². The van der Waals surface area contributed by atoms with Gasteiger partial charge in [0.1, 0.15) is 12.0 Å². The fraction of sp³-hybridized carbons (Fsp3) is 0.500. The zero-order valence-corrected chi connectivity index (χ0v) is 13.0. The molecule has 21 heavy (non-hydrogen) atoms. The SMILES string of the molecule is CNc1c(Cl)ncnc1N1CCC(c2cnn(C)c2)CC1. The second-order valence-corrected chi connectivity index (χ2v) is 5.68. The molecule has 1 saturated heterocycles. The molecule has 1 aliphatic rings. The zero-order chi connectivity index (χ0) is 14.8. The van der Waals surface area contributed by atoms with Crippen molar-refractivity contribution in [2.75, 3.05) is 30.4 Å². The first-order chi connectivity index (χ1) is 10.2. The summed E-state index contributed by atoms with van der Waals surface area (Å²) in [4.78, 5) is 10.7. The highest BCUT2D eigenvalue weighted by Gasteiger charge is 2.24. The fourth-order valence-electron chi connectivity index (χ4n) is 2.89. The lowest BCUT2D eigenvalue weighted by molar-refractivity contribution is 0.502. The molecular formula is C14H19ClN6. The van der Waals surface area contributed by atoms with E-state index in [1.54, 1.807) is 0 Å². The van der Waals surface area contributed by atoms with Gasteiger partial charge in [-0.05, 0) is 24.3 Å². The van der Waals surface area contributed by atoms with Gasteiger partial charge in [0.2, 0.25) is 0 Å². The number of piperidine rings is 1. The molecule has 0 aromatic carbocycles. The summed E-state index contributed by atoms with van der Waals surface area (Å²) in [6, 6.07) is 0. The quantitative estimate of drug-likeness (QED) is 0.882. The molecule has 2 aromatic rings. The van der Waals surface area contributed by atoms with Crippen molar-refractivity contribution >= 4 is 23.1 Å². The van der Waals surface area contributed by atoms with Crippen LogP contribution >= 0.6 is 11.6 Å². The number of aryl methyl sites for hydroxylation is 1. The van der Waals surface area contributed by atoms with Crippen molar-refractivity contribution in [3.8, 4) is 0 Å². The second-order valence-electron chi connectivity index (χ2n) is 5.32. The molecule has 0 saturated carbocycles. The summed E-state index contributed by atoms with van der Waals surface area (Å²) in [5, 5.41) is 7.83. The van der Waals surface area contributed by atoms with Crippen LogP contribution in [0, 0.1) is 0 Å². The van der Waals surface area contributed by atoms with E-state index in [0.717, 1.165) is 37.4 Å². The molecule has 112 valence electrons. The molecule has 7 heteroatoms. The first-order valence-electron chi connectivity index (χ1n) is 7.10. The van der Waals surface area contributed by atoms with Gasteiger partial charge in [0.25, 0.3) is 0 Å². The van der Waals surface area contributed by atoms with Gasteiger partial charge in [-0.15, -0.1) is 0 Å². The Morgan fingerprint density at radius 3 is 2.67 bits per heavy atom. The highest BCUT2D eigenvalue weighted by atomic mass is 35.5. The van der Waals surface area contributed by atoms with Crippen molar-refractivity contribution < 1.29 is 0 Å². The fourth-order valence-corrected chi connectivity index (χ4v) is 3.11. The Bertz CT molecular complexity index is 618. The van der Waals surface area contributed by atoms with Crippen molar-refractivity contribution in [3.05, 3.63) is 29.4 Å². The van der Waals surface area contributed by atoms with Gasteiger partial charge in [0.05, 0.1) is 6.20 Å². The minimum atomic E-state index is 0.469. The normalized spacial score (nSPS) is 16.2. The first kappa shape index (κ1) is 14.1. The highest BCUT2D eigenvalue weighted by molar-refractivity contribution is 6.32. The Hall–Kier alpha value is -1.82. The number of nitrogens with one attached hydrogen (secondary N) is 1. The van der Waals surface area contributed by atoms with Crippen molar-refractivity contribution in [1.82, 2.24) is 19.7 Å². The van der Waals surface area contributed by atoms with Gasteiger partial charge in [-0.25, -0.2) is 9.97 Å². The molecule has 0 atom stereocenters. The van der Waals surface area contributed by atoms with E-state index in [4.69, 9.17) is 11.6 Å². The largest absolute Gasteiger partial charge is 0.383 e. The summed E-state index contributed by atoms with van der Waals surface area (Å²) in [7, 11) is 3.80. The number of aromatic nitrogens is 4. The third kappa shape index (κ3) is 2.81. The zero-order valence-electron chi connectivity index (χ0n) is 12.3. The lowest BCUT2D eigenvalue weighted by Gasteiger charge is -2.33. The van der Waals surface area contributed by atoms with E-state index in [-0.39, 0.29) is 0 Å². The molecule has 0 unspecified atom stereocenters. The molecule has 3 rings (SSSR count). The van der Waals surface area contributed by atoms with Gasteiger partial charge in [0.15, 0.2) is 11.0 Å². The van der Waals surface area contributed by atoms with Crippen LogP contribution in [0.5, 0.6) is 0 Å². The summed E-state index contributed by atoms with van der Waals surface area (Å²) in [6.45, 7) is 1.92. The van der Waals surface area contributed by atoms with Crippen LogP contribution in [0.4, 0.5) is 11.5 Å². The highest BCUT2D eigenvalue weighted by Crippen LogP contribution is 2.34. The molecule has 0 aliphatic carbocycles. The maximum Gasteiger partial charge on any atom is 0.157 e. The van der Waals surface area contributed by atoms with E-state index in [2.05, 4.69) is 31.5 Å². The second kappa shape index (κ2) is 5.89. The molecule has 0 bridgehead atoms. The average Bonchev–Trinajstić information content (AvgIpc) is 2.94. The maximum absolute atomic E-state index is 6.12. The number of hydrogen-bond acceptors (Lipinski definition) is 5. The van der Waals surface area contributed by atoms with Crippen molar-refractivity contribution in [1.29, 1.82) is 0 Å². The summed E-state index contributed by atoms with van der Waals surface area (Å²) >= 11 is 6.12.